The Bertz CT molecular complexity index is 968. The Kier molecular flexibility index (Phi) is 5.05. The van der Waals surface area contributed by atoms with E-state index in [-0.39, 0.29) is 11.8 Å². The van der Waals surface area contributed by atoms with Crippen molar-refractivity contribution in [1.82, 2.24) is 10.3 Å². The van der Waals surface area contributed by atoms with Crippen LogP contribution in [0.25, 0.3) is 11.3 Å². The average Bonchev–Trinajstić information content (AvgIpc) is 3.36. The predicted molar refractivity (Wildman–Crippen MR) is 109 cm³/mol. The van der Waals surface area contributed by atoms with E-state index in [0.29, 0.717) is 11.7 Å². The van der Waals surface area contributed by atoms with Crippen LogP contribution in [0.3, 0.4) is 0 Å². The third kappa shape index (κ3) is 4.09. The number of carbonyl (C=O) groups excluding carboxylic acids is 2. The molecule has 5 nitrogen and oxygen atoms in total. The number of hydrogen-bond acceptors (Lipinski definition) is 5. The van der Waals surface area contributed by atoms with E-state index in [1.54, 1.807) is 11.3 Å². The molecule has 27 heavy (non-hydrogen) atoms. The van der Waals surface area contributed by atoms with Gasteiger partial charge in [0.2, 0.25) is 5.91 Å². The summed E-state index contributed by atoms with van der Waals surface area (Å²) in [5.74, 6) is -0.129. The summed E-state index contributed by atoms with van der Waals surface area (Å²) in [5, 5.41) is 8.23. The number of aromatic nitrogens is 1. The van der Waals surface area contributed by atoms with E-state index in [4.69, 9.17) is 0 Å². The van der Waals surface area contributed by atoms with Crippen molar-refractivity contribution in [3.8, 4) is 11.3 Å². The van der Waals surface area contributed by atoms with Crippen molar-refractivity contribution >= 4 is 39.6 Å². The number of nitrogens with zero attached hydrogens (tertiary/aromatic N) is 1. The van der Waals surface area contributed by atoms with Crippen LogP contribution in [-0.2, 0) is 24.2 Å². The van der Waals surface area contributed by atoms with Gasteiger partial charge in [-0.25, -0.2) is 4.98 Å². The third-order valence-electron chi connectivity index (χ3n) is 4.49. The van der Waals surface area contributed by atoms with E-state index in [2.05, 4.69) is 15.6 Å². The number of fused-ring (bicyclic) bond motifs is 1. The molecule has 0 spiro atoms. The Morgan fingerprint density at radius 3 is 2.74 bits per heavy atom. The summed E-state index contributed by atoms with van der Waals surface area (Å²) in [6.45, 7) is 2.02. The highest BCUT2D eigenvalue weighted by molar-refractivity contribution is 7.15. The van der Waals surface area contributed by atoms with Gasteiger partial charge in [0.15, 0.2) is 5.13 Å². The second-order valence-electron chi connectivity index (χ2n) is 6.51. The molecule has 2 heterocycles. The van der Waals surface area contributed by atoms with E-state index < -0.39 is 0 Å². The molecule has 0 fully saturated rings. The van der Waals surface area contributed by atoms with E-state index in [9.17, 15) is 9.59 Å². The molecule has 0 atom stereocenters. The van der Waals surface area contributed by atoms with E-state index in [1.165, 1.54) is 35.1 Å². The second-order valence-corrected chi connectivity index (χ2v) is 8.51. The molecule has 0 saturated heterocycles. The molecule has 138 valence electrons. The quantitative estimate of drug-likeness (QED) is 0.676. The van der Waals surface area contributed by atoms with Crippen LogP contribution in [0.2, 0.25) is 0 Å². The molecule has 2 aromatic heterocycles. The maximum absolute atomic E-state index is 12.5. The first-order valence-corrected chi connectivity index (χ1v) is 10.5. The fourth-order valence-electron chi connectivity index (χ4n) is 3.08. The molecule has 3 aromatic rings. The van der Waals surface area contributed by atoms with Crippen LogP contribution in [0, 0.1) is 0 Å². The van der Waals surface area contributed by atoms with Crippen molar-refractivity contribution < 1.29 is 9.59 Å². The summed E-state index contributed by atoms with van der Waals surface area (Å²) in [6, 6.07) is 9.90. The summed E-state index contributed by atoms with van der Waals surface area (Å²) in [6.07, 6.45) is 3.37. The molecule has 0 saturated carbocycles. The summed E-state index contributed by atoms with van der Waals surface area (Å²) >= 11 is 3.02. The number of benzene rings is 1. The molecule has 2 N–H and O–H groups in total. The Balaban J connectivity index is 1.42. The van der Waals surface area contributed by atoms with Crippen LogP contribution < -0.4 is 10.6 Å². The molecule has 0 bridgehead atoms. The first-order chi connectivity index (χ1) is 13.1. The van der Waals surface area contributed by atoms with Gasteiger partial charge in [-0.05, 0) is 36.5 Å². The Morgan fingerprint density at radius 2 is 2.00 bits per heavy atom. The van der Waals surface area contributed by atoms with E-state index in [0.717, 1.165) is 34.5 Å². The van der Waals surface area contributed by atoms with Crippen molar-refractivity contribution in [3.05, 3.63) is 56.6 Å². The van der Waals surface area contributed by atoms with Gasteiger partial charge in [-0.3, -0.25) is 14.9 Å². The molecule has 0 unspecified atom stereocenters. The van der Waals surface area contributed by atoms with Gasteiger partial charge in [0, 0.05) is 29.3 Å². The van der Waals surface area contributed by atoms with Crippen molar-refractivity contribution in [2.75, 3.05) is 5.32 Å². The van der Waals surface area contributed by atoms with Gasteiger partial charge in [-0.1, -0.05) is 24.3 Å². The maximum Gasteiger partial charge on any atom is 0.267 e. The van der Waals surface area contributed by atoms with Crippen LogP contribution in [0.4, 0.5) is 5.13 Å². The highest BCUT2D eigenvalue weighted by atomic mass is 32.1. The van der Waals surface area contributed by atoms with Crippen molar-refractivity contribution in [2.24, 2.45) is 0 Å². The van der Waals surface area contributed by atoms with Gasteiger partial charge in [-0.2, -0.15) is 0 Å². The number of thiophene rings is 1. The highest BCUT2D eigenvalue weighted by Gasteiger charge is 2.19. The number of amides is 2. The Labute approximate surface area is 165 Å². The highest BCUT2D eigenvalue weighted by Crippen LogP contribution is 2.31. The van der Waals surface area contributed by atoms with Gasteiger partial charge in [0.05, 0.1) is 10.6 Å². The first-order valence-electron chi connectivity index (χ1n) is 8.81. The van der Waals surface area contributed by atoms with E-state index >= 15 is 0 Å². The molecular formula is C20H19N3O2S2. The number of anilines is 1. The van der Waals surface area contributed by atoms with Gasteiger partial charge in [-0.15, -0.1) is 22.7 Å². The summed E-state index contributed by atoms with van der Waals surface area (Å²) < 4.78 is 0. The monoisotopic (exact) mass is 397 g/mol. The summed E-state index contributed by atoms with van der Waals surface area (Å²) in [4.78, 5) is 30.1. The molecule has 7 heteroatoms. The first kappa shape index (κ1) is 17.9. The van der Waals surface area contributed by atoms with Crippen LogP contribution in [0.1, 0.15) is 39.0 Å². The molecule has 4 rings (SSSR count). The van der Waals surface area contributed by atoms with Crippen LogP contribution in [0.15, 0.2) is 35.7 Å². The molecule has 1 aromatic carbocycles. The zero-order valence-corrected chi connectivity index (χ0v) is 16.5. The fraction of sp³-hybridized carbons (Fsp3) is 0.250. The van der Waals surface area contributed by atoms with Crippen LogP contribution >= 0.6 is 22.7 Å². The SMILES string of the molecule is CC(=O)NCc1ccc(-c2csc(NC(=O)c3cc4c(s3)CCC4)n2)cc1. The Morgan fingerprint density at radius 1 is 1.19 bits per heavy atom. The number of thiazole rings is 1. The number of rotatable bonds is 5. The fourth-order valence-corrected chi connectivity index (χ4v) is 4.95. The van der Waals surface area contributed by atoms with E-state index in [1.807, 2.05) is 35.7 Å². The van der Waals surface area contributed by atoms with Crippen molar-refractivity contribution in [1.29, 1.82) is 0 Å². The lowest BCUT2D eigenvalue weighted by Crippen LogP contribution is -2.18. The summed E-state index contributed by atoms with van der Waals surface area (Å²) in [7, 11) is 0. The lowest BCUT2D eigenvalue weighted by Gasteiger charge is -2.03. The Hall–Kier alpha value is -2.51. The van der Waals surface area contributed by atoms with Crippen molar-refractivity contribution in [3.63, 3.8) is 0 Å². The topological polar surface area (TPSA) is 71.1 Å². The molecule has 2 amide bonds. The molecular weight excluding hydrogens is 378 g/mol. The van der Waals surface area contributed by atoms with Gasteiger partial charge < -0.3 is 5.32 Å². The lowest BCUT2D eigenvalue weighted by molar-refractivity contribution is -0.119. The molecule has 1 aliphatic rings. The second kappa shape index (κ2) is 7.62. The average molecular weight is 398 g/mol. The number of carbonyl (C=O) groups is 2. The van der Waals surface area contributed by atoms with Crippen LogP contribution in [0.5, 0.6) is 0 Å². The number of nitrogens with one attached hydrogen (secondary N) is 2. The molecule has 0 aliphatic heterocycles. The normalized spacial score (nSPS) is 12.6. The maximum atomic E-state index is 12.5. The minimum atomic E-state index is -0.0824. The molecule has 0 radical (unpaired) electrons. The number of hydrogen-bond donors (Lipinski definition) is 2. The minimum absolute atomic E-state index is 0.0464. The summed E-state index contributed by atoms with van der Waals surface area (Å²) in [5.41, 5.74) is 4.16. The predicted octanol–water partition coefficient (Wildman–Crippen LogP) is 4.25. The zero-order valence-electron chi connectivity index (χ0n) is 14.9. The standard InChI is InChI=1S/C20H19N3O2S2/c1-12(24)21-10-13-5-7-14(8-6-13)16-11-26-20(22-16)23-19(25)18-9-15-3-2-4-17(15)27-18/h5-9,11H,2-4,10H2,1H3,(H,21,24)(H,22,23,25). The largest absolute Gasteiger partial charge is 0.352 e. The number of aryl methyl sites for hydroxylation is 2. The van der Waals surface area contributed by atoms with Gasteiger partial charge in [0.1, 0.15) is 0 Å². The van der Waals surface area contributed by atoms with Crippen molar-refractivity contribution in [2.45, 2.75) is 32.7 Å². The zero-order chi connectivity index (χ0) is 18.8. The smallest absolute Gasteiger partial charge is 0.267 e. The minimum Gasteiger partial charge on any atom is -0.352 e. The lowest BCUT2D eigenvalue weighted by atomic mass is 10.1. The third-order valence-corrected chi connectivity index (χ3v) is 6.48. The van der Waals surface area contributed by atoms with Gasteiger partial charge >= 0.3 is 0 Å². The van der Waals surface area contributed by atoms with Crippen LogP contribution in [-0.4, -0.2) is 16.8 Å². The molecule has 1 aliphatic carbocycles. The van der Waals surface area contributed by atoms with Gasteiger partial charge in [0.25, 0.3) is 5.91 Å².